The minimum atomic E-state index is -0.0127. The number of carbonyl (C=O) groups excluding carboxylic acids is 1. The van der Waals surface area contributed by atoms with Gasteiger partial charge in [0.2, 0.25) is 5.91 Å². The number of piperazine rings is 1. The largest absolute Gasteiger partial charge is 0.368 e. The number of anilines is 1. The molecule has 132 valence electrons. The van der Waals surface area contributed by atoms with E-state index < -0.39 is 0 Å². The lowest BCUT2D eigenvalue weighted by atomic mass is 10.2. The van der Waals surface area contributed by atoms with Gasteiger partial charge in [-0.2, -0.15) is 0 Å². The smallest absolute Gasteiger partial charge is 0.246 e. The first kappa shape index (κ1) is 16.6. The Morgan fingerprint density at radius 2 is 1.85 bits per heavy atom. The molecule has 0 aliphatic carbocycles. The van der Waals surface area contributed by atoms with Crippen molar-refractivity contribution in [2.75, 3.05) is 31.1 Å². The molecule has 3 aromatic heterocycles. The summed E-state index contributed by atoms with van der Waals surface area (Å²) in [6, 6.07) is 9.67. The number of hydrogen-bond donors (Lipinski definition) is 0. The third-order valence-electron chi connectivity index (χ3n) is 4.52. The number of carbonyl (C=O) groups is 1. The molecule has 0 unspecified atom stereocenters. The van der Waals surface area contributed by atoms with E-state index in [0.29, 0.717) is 23.9 Å². The van der Waals surface area contributed by atoms with Gasteiger partial charge in [0.05, 0.1) is 5.69 Å². The number of halogens is 1. The molecule has 0 saturated carbocycles. The standard InChI is InChI=1S/C19H18ClN5O/c20-19-16(25-10-2-1-3-17(25)22-19)4-5-18(26)24-13-11-23(12-14-24)15-6-8-21-9-7-15/h1-10H,11-14H2/b5-4+. The van der Waals surface area contributed by atoms with Crippen molar-refractivity contribution < 1.29 is 4.79 Å². The van der Waals surface area contributed by atoms with Gasteiger partial charge in [-0.05, 0) is 30.3 Å². The zero-order valence-corrected chi connectivity index (χ0v) is 14.9. The molecule has 0 bridgehead atoms. The van der Waals surface area contributed by atoms with E-state index in [1.165, 1.54) is 0 Å². The fourth-order valence-corrected chi connectivity index (χ4v) is 3.37. The number of fused-ring (bicyclic) bond motifs is 1. The van der Waals surface area contributed by atoms with Crippen LogP contribution in [0.25, 0.3) is 11.7 Å². The maximum absolute atomic E-state index is 12.5. The van der Waals surface area contributed by atoms with Crippen LogP contribution in [0, 0.1) is 0 Å². The maximum Gasteiger partial charge on any atom is 0.246 e. The molecule has 0 radical (unpaired) electrons. The summed E-state index contributed by atoms with van der Waals surface area (Å²) in [5, 5.41) is 0.391. The number of imidazole rings is 1. The van der Waals surface area contributed by atoms with E-state index in [1.54, 1.807) is 24.5 Å². The van der Waals surface area contributed by atoms with Crippen LogP contribution >= 0.6 is 11.6 Å². The zero-order chi connectivity index (χ0) is 17.9. The number of aromatic nitrogens is 3. The molecule has 4 heterocycles. The Balaban J connectivity index is 1.42. The number of amides is 1. The van der Waals surface area contributed by atoms with Crippen LogP contribution in [0.2, 0.25) is 5.15 Å². The molecule has 1 saturated heterocycles. The average Bonchev–Trinajstić information content (AvgIpc) is 3.02. The van der Waals surface area contributed by atoms with Crippen LogP contribution in [0.4, 0.5) is 5.69 Å². The molecule has 0 N–H and O–H groups in total. The Morgan fingerprint density at radius 1 is 1.08 bits per heavy atom. The first-order chi connectivity index (χ1) is 12.7. The summed E-state index contributed by atoms with van der Waals surface area (Å²) in [7, 11) is 0. The lowest BCUT2D eigenvalue weighted by Gasteiger charge is -2.35. The predicted octanol–water partition coefficient (Wildman–Crippen LogP) is 2.74. The van der Waals surface area contributed by atoms with E-state index in [-0.39, 0.29) is 5.91 Å². The highest BCUT2D eigenvalue weighted by Gasteiger charge is 2.20. The molecule has 0 spiro atoms. The van der Waals surface area contributed by atoms with Crippen molar-refractivity contribution in [1.82, 2.24) is 19.3 Å². The lowest BCUT2D eigenvalue weighted by Crippen LogP contribution is -2.48. The highest BCUT2D eigenvalue weighted by Crippen LogP contribution is 2.19. The normalized spacial score (nSPS) is 15.1. The van der Waals surface area contributed by atoms with Crippen molar-refractivity contribution in [3.05, 3.63) is 65.8 Å². The Hall–Kier alpha value is -2.86. The quantitative estimate of drug-likeness (QED) is 0.668. The minimum absolute atomic E-state index is 0.0127. The van der Waals surface area contributed by atoms with Gasteiger partial charge < -0.3 is 9.80 Å². The van der Waals surface area contributed by atoms with Gasteiger partial charge >= 0.3 is 0 Å². The molecule has 3 aromatic rings. The molecule has 4 rings (SSSR count). The van der Waals surface area contributed by atoms with Crippen LogP contribution < -0.4 is 4.90 Å². The van der Waals surface area contributed by atoms with E-state index >= 15 is 0 Å². The highest BCUT2D eigenvalue weighted by molar-refractivity contribution is 6.31. The van der Waals surface area contributed by atoms with E-state index in [4.69, 9.17) is 11.6 Å². The van der Waals surface area contributed by atoms with Gasteiger partial charge in [-0.25, -0.2) is 4.98 Å². The van der Waals surface area contributed by atoms with Crippen molar-refractivity contribution in [3.8, 4) is 0 Å². The van der Waals surface area contributed by atoms with Gasteiger partial charge in [-0.1, -0.05) is 17.7 Å². The Morgan fingerprint density at radius 3 is 2.62 bits per heavy atom. The van der Waals surface area contributed by atoms with E-state index in [1.807, 2.05) is 45.8 Å². The third-order valence-corrected chi connectivity index (χ3v) is 4.80. The summed E-state index contributed by atoms with van der Waals surface area (Å²) in [5.74, 6) is -0.0127. The Labute approximate surface area is 156 Å². The molecular weight excluding hydrogens is 350 g/mol. The Kier molecular flexibility index (Phi) is 4.58. The minimum Gasteiger partial charge on any atom is -0.368 e. The van der Waals surface area contributed by atoms with Gasteiger partial charge in [0, 0.05) is 56.5 Å². The molecular formula is C19H18ClN5O. The molecule has 0 aromatic carbocycles. The molecule has 0 atom stereocenters. The van der Waals surface area contributed by atoms with E-state index in [2.05, 4.69) is 14.9 Å². The van der Waals surface area contributed by atoms with Gasteiger partial charge in [0.1, 0.15) is 5.65 Å². The van der Waals surface area contributed by atoms with Crippen molar-refractivity contribution in [1.29, 1.82) is 0 Å². The molecule has 6 nitrogen and oxygen atoms in total. The first-order valence-corrected chi connectivity index (χ1v) is 8.85. The number of pyridine rings is 2. The lowest BCUT2D eigenvalue weighted by molar-refractivity contribution is -0.126. The van der Waals surface area contributed by atoms with Crippen molar-refractivity contribution in [2.24, 2.45) is 0 Å². The molecule has 26 heavy (non-hydrogen) atoms. The van der Waals surface area contributed by atoms with Crippen LogP contribution in [0.5, 0.6) is 0 Å². The second kappa shape index (κ2) is 7.17. The highest BCUT2D eigenvalue weighted by atomic mass is 35.5. The number of nitrogens with zero attached hydrogens (tertiary/aromatic N) is 5. The van der Waals surface area contributed by atoms with Crippen LogP contribution in [-0.4, -0.2) is 51.4 Å². The van der Waals surface area contributed by atoms with E-state index in [0.717, 1.165) is 24.4 Å². The zero-order valence-electron chi connectivity index (χ0n) is 14.1. The fourth-order valence-electron chi connectivity index (χ4n) is 3.13. The molecule has 1 aliphatic rings. The van der Waals surface area contributed by atoms with Crippen LogP contribution in [-0.2, 0) is 4.79 Å². The summed E-state index contributed by atoms with van der Waals surface area (Å²) >= 11 is 6.20. The Bertz CT molecular complexity index is 945. The third kappa shape index (κ3) is 3.28. The van der Waals surface area contributed by atoms with Crippen LogP contribution in [0.3, 0.4) is 0 Å². The predicted molar refractivity (Wildman–Crippen MR) is 102 cm³/mol. The van der Waals surface area contributed by atoms with Crippen molar-refractivity contribution in [3.63, 3.8) is 0 Å². The van der Waals surface area contributed by atoms with Gasteiger partial charge in [0.25, 0.3) is 0 Å². The maximum atomic E-state index is 12.5. The van der Waals surface area contributed by atoms with Gasteiger partial charge in [0.15, 0.2) is 5.15 Å². The van der Waals surface area contributed by atoms with Crippen LogP contribution in [0.15, 0.2) is 55.0 Å². The monoisotopic (exact) mass is 367 g/mol. The summed E-state index contributed by atoms with van der Waals surface area (Å²) in [6.45, 7) is 2.98. The molecule has 7 heteroatoms. The second-order valence-electron chi connectivity index (χ2n) is 6.07. The van der Waals surface area contributed by atoms with Crippen molar-refractivity contribution >= 4 is 34.9 Å². The second-order valence-corrected chi connectivity index (χ2v) is 6.43. The number of hydrogen-bond acceptors (Lipinski definition) is 4. The average molecular weight is 368 g/mol. The summed E-state index contributed by atoms with van der Waals surface area (Å²) < 4.78 is 1.87. The van der Waals surface area contributed by atoms with E-state index in [9.17, 15) is 4.79 Å². The van der Waals surface area contributed by atoms with Gasteiger partial charge in [-0.3, -0.25) is 14.2 Å². The SMILES string of the molecule is O=C(/C=C/c1c(Cl)nc2ccccn12)N1CCN(c2ccncc2)CC1. The summed E-state index contributed by atoms with van der Waals surface area (Å²) in [4.78, 5) is 25.0. The topological polar surface area (TPSA) is 53.7 Å². The number of rotatable bonds is 3. The molecule has 1 fully saturated rings. The summed E-state index contributed by atoms with van der Waals surface area (Å²) in [6.07, 6.45) is 8.76. The fraction of sp³-hybridized carbons (Fsp3) is 0.211. The summed E-state index contributed by atoms with van der Waals surface area (Å²) in [5.41, 5.74) is 2.61. The molecule has 1 amide bonds. The van der Waals surface area contributed by atoms with Crippen molar-refractivity contribution in [2.45, 2.75) is 0 Å². The van der Waals surface area contributed by atoms with Gasteiger partial charge in [-0.15, -0.1) is 0 Å². The van der Waals surface area contributed by atoms with Crippen LogP contribution in [0.1, 0.15) is 5.69 Å². The first-order valence-electron chi connectivity index (χ1n) is 8.47. The molecule has 1 aliphatic heterocycles.